The first-order valence-corrected chi connectivity index (χ1v) is 7.89. The standard InChI is InChI=1S/C17H19N3S/c1-11-4-3-5-13(8-11)6-7-19-15-10-16-17(9-14(15)18)21-12(2)20-16/h3-5,8-10,19H,6-7,18H2,1-2H3. The largest absolute Gasteiger partial charge is 0.397 e. The van der Waals surface area contributed by atoms with Crippen LogP contribution in [0.25, 0.3) is 10.2 Å². The molecule has 4 heteroatoms. The van der Waals surface area contributed by atoms with Crippen molar-refractivity contribution >= 4 is 32.9 Å². The third-order valence-electron chi connectivity index (χ3n) is 3.48. The molecule has 0 saturated carbocycles. The molecular weight excluding hydrogens is 278 g/mol. The van der Waals surface area contributed by atoms with Crippen LogP contribution >= 0.6 is 11.3 Å². The lowest BCUT2D eigenvalue weighted by Crippen LogP contribution is -2.07. The average molecular weight is 297 g/mol. The quantitative estimate of drug-likeness (QED) is 0.711. The molecule has 0 fully saturated rings. The van der Waals surface area contributed by atoms with Crippen LogP contribution in [0.4, 0.5) is 11.4 Å². The van der Waals surface area contributed by atoms with Gasteiger partial charge in [0.1, 0.15) is 0 Å². The minimum atomic E-state index is 0.787. The molecular formula is C17H19N3S. The number of anilines is 2. The van der Waals surface area contributed by atoms with Crippen LogP contribution in [0.1, 0.15) is 16.1 Å². The number of aryl methyl sites for hydroxylation is 2. The summed E-state index contributed by atoms with van der Waals surface area (Å²) >= 11 is 1.68. The molecule has 21 heavy (non-hydrogen) atoms. The molecule has 0 aliphatic rings. The first-order chi connectivity index (χ1) is 10.1. The zero-order valence-corrected chi connectivity index (χ0v) is 13.1. The van der Waals surface area contributed by atoms with E-state index in [1.165, 1.54) is 11.1 Å². The number of nitrogens with two attached hydrogens (primary N) is 1. The average Bonchev–Trinajstić information content (AvgIpc) is 2.78. The lowest BCUT2D eigenvalue weighted by molar-refractivity contribution is 1.02. The van der Waals surface area contributed by atoms with Gasteiger partial charge in [-0.05, 0) is 38.0 Å². The van der Waals surface area contributed by atoms with E-state index in [4.69, 9.17) is 5.73 Å². The summed E-state index contributed by atoms with van der Waals surface area (Å²) in [5, 5.41) is 4.49. The number of thiazole rings is 1. The number of hydrogen-bond donors (Lipinski definition) is 2. The Kier molecular flexibility index (Phi) is 3.80. The van der Waals surface area contributed by atoms with E-state index in [0.29, 0.717) is 0 Å². The summed E-state index contributed by atoms with van der Waals surface area (Å²) in [6.45, 7) is 5.00. The van der Waals surface area contributed by atoms with Crippen LogP contribution in [-0.2, 0) is 6.42 Å². The normalized spacial score (nSPS) is 11.0. The second-order valence-electron chi connectivity index (χ2n) is 5.31. The van der Waals surface area contributed by atoms with Gasteiger partial charge in [-0.2, -0.15) is 0 Å². The van der Waals surface area contributed by atoms with E-state index in [2.05, 4.69) is 41.5 Å². The number of rotatable bonds is 4. The van der Waals surface area contributed by atoms with Gasteiger partial charge in [-0.1, -0.05) is 29.8 Å². The first-order valence-electron chi connectivity index (χ1n) is 7.08. The molecule has 3 aromatic rings. The summed E-state index contributed by atoms with van der Waals surface area (Å²) in [7, 11) is 0. The molecule has 0 bridgehead atoms. The zero-order chi connectivity index (χ0) is 14.8. The van der Waals surface area contributed by atoms with E-state index in [1.54, 1.807) is 11.3 Å². The van der Waals surface area contributed by atoms with E-state index in [-0.39, 0.29) is 0 Å². The Morgan fingerprint density at radius 3 is 2.86 bits per heavy atom. The van der Waals surface area contributed by atoms with E-state index >= 15 is 0 Å². The molecule has 1 aromatic heterocycles. The minimum Gasteiger partial charge on any atom is -0.397 e. The maximum absolute atomic E-state index is 6.12. The van der Waals surface area contributed by atoms with Crippen molar-refractivity contribution in [3.05, 3.63) is 52.5 Å². The van der Waals surface area contributed by atoms with E-state index in [1.807, 2.05) is 19.1 Å². The highest BCUT2D eigenvalue weighted by atomic mass is 32.1. The molecule has 0 amide bonds. The lowest BCUT2D eigenvalue weighted by atomic mass is 10.1. The van der Waals surface area contributed by atoms with Gasteiger partial charge in [0.2, 0.25) is 0 Å². The maximum atomic E-state index is 6.12. The van der Waals surface area contributed by atoms with Crippen LogP contribution in [0.2, 0.25) is 0 Å². The zero-order valence-electron chi connectivity index (χ0n) is 12.3. The SMILES string of the molecule is Cc1cccc(CCNc2cc3nc(C)sc3cc2N)c1. The van der Waals surface area contributed by atoms with Gasteiger partial charge in [0, 0.05) is 6.54 Å². The second kappa shape index (κ2) is 5.74. The van der Waals surface area contributed by atoms with E-state index < -0.39 is 0 Å². The van der Waals surface area contributed by atoms with Gasteiger partial charge >= 0.3 is 0 Å². The molecule has 3 rings (SSSR count). The van der Waals surface area contributed by atoms with Crippen LogP contribution < -0.4 is 11.1 Å². The third-order valence-corrected chi connectivity index (χ3v) is 4.41. The first kappa shape index (κ1) is 13.9. The van der Waals surface area contributed by atoms with Gasteiger partial charge < -0.3 is 11.1 Å². The fourth-order valence-electron chi connectivity index (χ4n) is 2.47. The third kappa shape index (κ3) is 3.16. The molecule has 0 saturated heterocycles. The lowest BCUT2D eigenvalue weighted by Gasteiger charge is -2.09. The fourth-order valence-corrected chi connectivity index (χ4v) is 3.32. The number of fused-ring (bicyclic) bond motifs is 1. The molecule has 3 N–H and O–H groups in total. The Balaban J connectivity index is 1.71. The summed E-state index contributed by atoms with van der Waals surface area (Å²) < 4.78 is 1.15. The Morgan fingerprint density at radius 1 is 1.19 bits per heavy atom. The number of hydrogen-bond acceptors (Lipinski definition) is 4. The number of nitrogens with zero attached hydrogens (tertiary/aromatic N) is 1. The van der Waals surface area contributed by atoms with Crippen molar-refractivity contribution in [1.82, 2.24) is 4.98 Å². The van der Waals surface area contributed by atoms with Crippen molar-refractivity contribution < 1.29 is 0 Å². The molecule has 1 heterocycles. The number of aromatic nitrogens is 1. The van der Waals surface area contributed by atoms with Crippen LogP contribution in [0.3, 0.4) is 0 Å². The summed E-state index contributed by atoms with van der Waals surface area (Å²) in [4.78, 5) is 4.52. The number of nitrogens with one attached hydrogen (secondary N) is 1. The summed E-state index contributed by atoms with van der Waals surface area (Å²) in [6.07, 6.45) is 0.981. The van der Waals surface area contributed by atoms with Gasteiger partial charge in [-0.15, -0.1) is 11.3 Å². The van der Waals surface area contributed by atoms with Crippen LogP contribution in [0.15, 0.2) is 36.4 Å². The van der Waals surface area contributed by atoms with Crippen LogP contribution in [0, 0.1) is 13.8 Å². The highest BCUT2D eigenvalue weighted by Crippen LogP contribution is 2.29. The van der Waals surface area contributed by atoms with Gasteiger partial charge in [-0.3, -0.25) is 0 Å². The Labute approximate surface area is 128 Å². The van der Waals surface area contributed by atoms with Crippen molar-refractivity contribution in [2.24, 2.45) is 0 Å². The minimum absolute atomic E-state index is 0.787. The highest BCUT2D eigenvalue weighted by molar-refractivity contribution is 7.18. The van der Waals surface area contributed by atoms with Crippen molar-refractivity contribution in [3.63, 3.8) is 0 Å². The van der Waals surface area contributed by atoms with E-state index in [0.717, 1.165) is 39.6 Å². The monoisotopic (exact) mass is 297 g/mol. The van der Waals surface area contributed by atoms with Gasteiger partial charge in [0.15, 0.2) is 0 Å². The van der Waals surface area contributed by atoms with Crippen LogP contribution in [0.5, 0.6) is 0 Å². The molecule has 0 aliphatic carbocycles. The smallest absolute Gasteiger partial charge is 0.0907 e. The van der Waals surface area contributed by atoms with E-state index in [9.17, 15) is 0 Å². The molecule has 0 spiro atoms. The van der Waals surface area contributed by atoms with Gasteiger partial charge in [0.05, 0.1) is 26.6 Å². The molecule has 3 nitrogen and oxygen atoms in total. The van der Waals surface area contributed by atoms with Gasteiger partial charge in [0.25, 0.3) is 0 Å². The Bertz CT molecular complexity index is 777. The molecule has 2 aromatic carbocycles. The van der Waals surface area contributed by atoms with Crippen molar-refractivity contribution in [2.75, 3.05) is 17.6 Å². The fraction of sp³-hybridized carbons (Fsp3) is 0.235. The summed E-state index contributed by atoms with van der Waals surface area (Å²) in [6, 6.07) is 12.7. The summed E-state index contributed by atoms with van der Waals surface area (Å²) in [5.41, 5.74) is 11.5. The second-order valence-corrected chi connectivity index (χ2v) is 6.54. The van der Waals surface area contributed by atoms with Crippen molar-refractivity contribution in [1.29, 1.82) is 0 Å². The predicted molar refractivity (Wildman–Crippen MR) is 92.1 cm³/mol. The molecule has 0 radical (unpaired) electrons. The topological polar surface area (TPSA) is 50.9 Å². The maximum Gasteiger partial charge on any atom is 0.0907 e. The van der Waals surface area contributed by atoms with Crippen LogP contribution in [-0.4, -0.2) is 11.5 Å². The van der Waals surface area contributed by atoms with Gasteiger partial charge in [-0.25, -0.2) is 4.98 Å². The number of nitrogen functional groups attached to an aromatic ring is 1. The molecule has 0 atom stereocenters. The predicted octanol–water partition coefficient (Wildman–Crippen LogP) is 4.15. The number of benzene rings is 2. The highest BCUT2D eigenvalue weighted by Gasteiger charge is 2.06. The van der Waals surface area contributed by atoms with Crippen molar-refractivity contribution in [3.8, 4) is 0 Å². The molecule has 108 valence electrons. The molecule has 0 aliphatic heterocycles. The molecule has 0 unspecified atom stereocenters. The van der Waals surface area contributed by atoms with Crippen molar-refractivity contribution in [2.45, 2.75) is 20.3 Å². The Hall–Kier alpha value is -2.07. The summed E-state index contributed by atoms with van der Waals surface area (Å²) in [5.74, 6) is 0. The Morgan fingerprint density at radius 2 is 2.05 bits per heavy atom.